The minimum atomic E-state index is 0.154. The third kappa shape index (κ3) is 1.39. The molecule has 0 amide bonds. The highest BCUT2D eigenvalue weighted by atomic mass is 79.9. The van der Waals surface area contributed by atoms with Gasteiger partial charge in [0.15, 0.2) is 0 Å². The van der Waals surface area contributed by atoms with Gasteiger partial charge in [-0.05, 0) is 46.8 Å². The quantitative estimate of drug-likeness (QED) is 0.737. The Labute approximate surface area is 80.3 Å². The summed E-state index contributed by atoms with van der Waals surface area (Å²) in [6.07, 6.45) is 5.20. The summed E-state index contributed by atoms with van der Waals surface area (Å²) >= 11 is 3.41. The summed E-state index contributed by atoms with van der Waals surface area (Å²) in [5.74, 6) is 0. The summed E-state index contributed by atoms with van der Waals surface area (Å²) in [5, 5.41) is 0. The Kier molecular flexibility index (Phi) is 2.15. The van der Waals surface area contributed by atoms with Crippen LogP contribution in [0, 0.1) is 0 Å². The zero-order valence-corrected chi connectivity index (χ0v) is 8.34. The number of aryl methyl sites for hydroxylation is 1. The van der Waals surface area contributed by atoms with Gasteiger partial charge in [-0.15, -0.1) is 0 Å². The summed E-state index contributed by atoms with van der Waals surface area (Å²) in [6.45, 7) is 0. The molecule has 0 fully saturated rings. The van der Waals surface area contributed by atoms with Gasteiger partial charge in [0.1, 0.15) is 0 Å². The number of nitrogens with two attached hydrogens (primary N) is 1. The number of rotatable bonds is 0. The third-order valence-corrected chi connectivity index (χ3v) is 2.71. The van der Waals surface area contributed by atoms with E-state index in [-0.39, 0.29) is 6.04 Å². The lowest BCUT2D eigenvalue weighted by atomic mass is 9.93. The zero-order chi connectivity index (χ0) is 8.55. The van der Waals surface area contributed by atoms with Crippen molar-refractivity contribution >= 4 is 15.9 Å². The minimum Gasteiger partial charge on any atom is -0.323 e. The smallest absolute Gasteiger partial charge is 0.0603 e. The standard InChI is InChI=1S/C9H11BrN2/c10-7-4-6-2-1-3-8(11)9(6)12-5-7/h4-5,8H,1-3,11H2. The number of halogens is 1. The van der Waals surface area contributed by atoms with Gasteiger partial charge in [-0.2, -0.15) is 0 Å². The van der Waals surface area contributed by atoms with E-state index in [1.165, 1.54) is 12.0 Å². The summed E-state index contributed by atoms with van der Waals surface area (Å²) in [6, 6.07) is 2.28. The molecule has 2 N–H and O–H groups in total. The van der Waals surface area contributed by atoms with Gasteiger partial charge in [-0.1, -0.05) is 0 Å². The average molecular weight is 227 g/mol. The SMILES string of the molecule is NC1CCCc2cc(Br)cnc21. The average Bonchev–Trinajstić information content (AvgIpc) is 2.04. The van der Waals surface area contributed by atoms with Crippen molar-refractivity contribution in [2.45, 2.75) is 25.3 Å². The number of hydrogen-bond donors (Lipinski definition) is 1. The summed E-state index contributed by atoms with van der Waals surface area (Å²) in [5.41, 5.74) is 8.31. The molecule has 1 atom stereocenters. The van der Waals surface area contributed by atoms with Crippen molar-refractivity contribution in [2.75, 3.05) is 0 Å². The maximum Gasteiger partial charge on any atom is 0.0603 e. The molecule has 64 valence electrons. The van der Waals surface area contributed by atoms with Crippen molar-refractivity contribution in [3.63, 3.8) is 0 Å². The van der Waals surface area contributed by atoms with Crippen LogP contribution in [0.4, 0.5) is 0 Å². The number of pyridine rings is 1. The van der Waals surface area contributed by atoms with Crippen LogP contribution in [0.1, 0.15) is 30.1 Å². The molecule has 12 heavy (non-hydrogen) atoms. The molecule has 0 aromatic carbocycles. The molecular formula is C9H11BrN2. The van der Waals surface area contributed by atoms with Gasteiger partial charge >= 0.3 is 0 Å². The monoisotopic (exact) mass is 226 g/mol. The van der Waals surface area contributed by atoms with Crippen LogP contribution in [0.3, 0.4) is 0 Å². The zero-order valence-electron chi connectivity index (χ0n) is 6.76. The molecule has 0 saturated carbocycles. The topological polar surface area (TPSA) is 38.9 Å². The molecule has 0 spiro atoms. The van der Waals surface area contributed by atoms with Crippen LogP contribution in [0.5, 0.6) is 0 Å². The van der Waals surface area contributed by atoms with Crippen LogP contribution in [0.2, 0.25) is 0 Å². The van der Waals surface area contributed by atoms with E-state index < -0.39 is 0 Å². The van der Waals surface area contributed by atoms with Crippen molar-refractivity contribution in [1.29, 1.82) is 0 Å². The molecule has 0 radical (unpaired) electrons. The molecule has 2 nitrogen and oxygen atoms in total. The predicted molar refractivity (Wildman–Crippen MR) is 51.8 cm³/mol. The highest BCUT2D eigenvalue weighted by Gasteiger charge is 2.17. The first-order valence-corrected chi connectivity index (χ1v) is 4.96. The van der Waals surface area contributed by atoms with E-state index >= 15 is 0 Å². The number of fused-ring (bicyclic) bond motifs is 1. The van der Waals surface area contributed by atoms with Crippen LogP contribution in [-0.2, 0) is 6.42 Å². The molecule has 1 heterocycles. The maximum absolute atomic E-state index is 5.92. The Morgan fingerprint density at radius 3 is 3.25 bits per heavy atom. The van der Waals surface area contributed by atoms with Crippen molar-refractivity contribution in [3.8, 4) is 0 Å². The Hall–Kier alpha value is -0.410. The van der Waals surface area contributed by atoms with E-state index in [4.69, 9.17) is 5.73 Å². The lowest BCUT2D eigenvalue weighted by molar-refractivity contribution is 0.553. The summed E-state index contributed by atoms with van der Waals surface area (Å²) < 4.78 is 1.05. The second-order valence-electron chi connectivity index (χ2n) is 3.20. The highest BCUT2D eigenvalue weighted by molar-refractivity contribution is 9.10. The Balaban J connectivity index is 2.46. The molecule has 2 rings (SSSR count). The van der Waals surface area contributed by atoms with Crippen molar-refractivity contribution in [2.24, 2.45) is 5.73 Å². The Morgan fingerprint density at radius 2 is 2.42 bits per heavy atom. The van der Waals surface area contributed by atoms with Gasteiger partial charge in [0.05, 0.1) is 5.69 Å². The summed E-state index contributed by atoms with van der Waals surface area (Å²) in [4.78, 5) is 4.33. The van der Waals surface area contributed by atoms with E-state index in [0.29, 0.717) is 0 Å². The highest BCUT2D eigenvalue weighted by Crippen LogP contribution is 2.27. The normalized spacial score (nSPS) is 22.0. The van der Waals surface area contributed by atoms with Crippen LogP contribution >= 0.6 is 15.9 Å². The molecule has 1 aliphatic carbocycles. The fraction of sp³-hybridized carbons (Fsp3) is 0.444. The second kappa shape index (κ2) is 3.15. The fourth-order valence-corrected chi connectivity index (χ4v) is 2.05. The van der Waals surface area contributed by atoms with E-state index in [0.717, 1.165) is 23.0 Å². The van der Waals surface area contributed by atoms with E-state index in [1.807, 2.05) is 6.20 Å². The molecule has 1 aromatic heterocycles. The molecule has 1 unspecified atom stereocenters. The number of nitrogens with zero attached hydrogens (tertiary/aromatic N) is 1. The third-order valence-electron chi connectivity index (χ3n) is 2.28. The first kappa shape index (κ1) is 8.20. The van der Waals surface area contributed by atoms with Gasteiger partial charge < -0.3 is 5.73 Å². The molecular weight excluding hydrogens is 216 g/mol. The fourth-order valence-electron chi connectivity index (χ4n) is 1.68. The molecule has 0 saturated heterocycles. The Bertz CT molecular complexity index is 299. The van der Waals surface area contributed by atoms with Crippen LogP contribution in [0.15, 0.2) is 16.7 Å². The second-order valence-corrected chi connectivity index (χ2v) is 4.11. The van der Waals surface area contributed by atoms with Gasteiger partial charge in [0.2, 0.25) is 0 Å². The first-order chi connectivity index (χ1) is 5.77. The molecule has 3 heteroatoms. The van der Waals surface area contributed by atoms with Crippen LogP contribution in [0.25, 0.3) is 0 Å². The van der Waals surface area contributed by atoms with Gasteiger partial charge in [-0.25, -0.2) is 0 Å². The van der Waals surface area contributed by atoms with E-state index in [2.05, 4.69) is 27.0 Å². The van der Waals surface area contributed by atoms with Gasteiger partial charge in [0, 0.05) is 16.7 Å². The van der Waals surface area contributed by atoms with Crippen molar-refractivity contribution in [1.82, 2.24) is 4.98 Å². The van der Waals surface area contributed by atoms with Crippen LogP contribution < -0.4 is 5.73 Å². The molecule has 1 aromatic rings. The lowest BCUT2D eigenvalue weighted by Gasteiger charge is -2.20. The predicted octanol–water partition coefficient (Wildman–Crippen LogP) is 2.18. The molecule has 1 aliphatic rings. The van der Waals surface area contributed by atoms with Crippen molar-refractivity contribution < 1.29 is 0 Å². The lowest BCUT2D eigenvalue weighted by Crippen LogP contribution is -2.18. The molecule has 0 bridgehead atoms. The minimum absolute atomic E-state index is 0.154. The number of aromatic nitrogens is 1. The van der Waals surface area contributed by atoms with E-state index in [9.17, 15) is 0 Å². The molecule has 0 aliphatic heterocycles. The summed E-state index contributed by atoms with van der Waals surface area (Å²) in [7, 11) is 0. The number of hydrogen-bond acceptors (Lipinski definition) is 2. The Morgan fingerprint density at radius 1 is 1.58 bits per heavy atom. The van der Waals surface area contributed by atoms with E-state index in [1.54, 1.807) is 0 Å². The van der Waals surface area contributed by atoms with Gasteiger partial charge in [-0.3, -0.25) is 4.98 Å². The van der Waals surface area contributed by atoms with Crippen molar-refractivity contribution in [3.05, 3.63) is 28.0 Å². The van der Waals surface area contributed by atoms with Crippen LogP contribution in [-0.4, -0.2) is 4.98 Å². The van der Waals surface area contributed by atoms with Gasteiger partial charge in [0.25, 0.3) is 0 Å². The maximum atomic E-state index is 5.92. The first-order valence-electron chi connectivity index (χ1n) is 4.17. The largest absolute Gasteiger partial charge is 0.323 e.